The smallest absolute Gasteiger partial charge is 0.328 e. The third-order valence-corrected chi connectivity index (χ3v) is 4.76. The number of carbonyl (C=O) groups is 3. The Bertz CT molecular complexity index is 685. The third kappa shape index (κ3) is 6.69. The summed E-state index contributed by atoms with van der Waals surface area (Å²) < 4.78 is 0. The maximum atomic E-state index is 12.5. The van der Waals surface area contributed by atoms with E-state index in [1.807, 2.05) is 17.0 Å². The number of amides is 1. The first-order valence-electron chi connectivity index (χ1n) is 8.62. The third-order valence-electron chi connectivity index (χ3n) is 4.51. The molecule has 0 aromatic heterocycles. The van der Waals surface area contributed by atoms with Gasteiger partial charge in [-0.1, -0.05) is 11.6 Å². The predicted molar refractivity (Wildman–Crippen MR) is 101 cm³/mol. The number of carboxylic acid groups (broad SMARTS) is 2. The Balaban J connectivity index is 0.000000279. The van der Waals surface area contributed by atoms with Crippen LogP contribution in [-0.2, 0) is 9.59 Å². The van der Waals surface area contributed by atoms with Gasteiger partial charge in [0, 0.05) is 48.9 Å². The van der Waals surface area contributed by atoms with Crippen LogP contribution in [0, 0.1) is 11.8 Å². The number of rotatable bonds is 3. The fourth-order valence-corrected chi connectivity index (χ4v) is 3.75. The molecule has 1 aromatic rings. The van der Waals surface area contributed by atoms with Gasteiger partial charge in [0.05, 0.1) is 0 Å². The Kier molecular flexibility index (Phi) is 7.38. The van der Waals surface area contributed by atoms with Crippen molar-refractivity contribution in [1.29, 1.82) is 0 Å². The first kappa shape index (κ1) is 20.9. The minimum absolute atomic E-state index is 0.149. The quantitative estimate of drug-likeness (QED) is 0.761. The Morgan fingerprint density at radius 1 is 0.963 bits per heavy atom. The highest BCUT2D eigenvalue weighted by molar-refractivity contribution is 6.30. The summed E-state index contributed by atoms with van der Waals surface area (Å²) in [6.45, 7) is 4.01. The zero-order valence-electron chi connectivity index (χ0n) is 15.0. The van der Waals surface area contributed by atoms with E-state index >= 15 is 0 Å². The van der Waals surface area contributed by atoms with E-state index < -0.39 is 11.9 Å². The van der Waals surface area contributed by atoms with Crippen LogP contribution in [0.15, 0.2) is 36.4 Å². The molecule has 2 aliphatic rings. The van der Waals surface area contributed by atoms with Gasteiger partial charge in [0.25, 0.3) is 5.91 Å². The van der Waals surface area contributed by atoms with E-state index in [0.29, 0.717) is 29.0 Å². The summed E-state index contributed by atoms with van der Waals surface area (Å²) in [7, 11) is 2.18. The molecule has 0 saturated carbocycles. The molecular formula is C19H23ClN2O5. The second-order valence-electron chi connectivity index (χ2n) is 6.92. The van der Waals surface area contributed by atoms with Gasteiger partial charge in [-0.3, -0.25) is 4.79 Å². The van der Waals surface area contributed by atoms with Gasteiger partial charge in [-0.15, -0.1) is 0 Å². The van der Waals surface area contributed by atoms with Crippen LogP contribution >= 0.6 is 11.6 Å². The van der Waals surface area contributed by atoms with E-state index in [4.69, 9.17) is 21.8 Å². The number of halogens is 1. The van der Waals surface area contributed by atoms with Crippen molar-refractivity contribution in [3.05, 3.63) is 47.0 Å². The molecule has 2 bridgehead atoms. The van der Waals surface area contributed by atoms with Crippen molar-refractivity contribution in [2.45, 2.75) is 6.42 Å². The van der Waals surface area contributed by atoms with Gasteiger partial charge in [-0.05, 0) is 49.6 Å². The summed E-state index contributed by atoms with van der Waals surface area (Å²) in [6, 6.07) is 7.21. The Morgan fingerprint density at radius 3 is 1.89 bits per heavy atom. The van der Waals surface area contributed by atoms with E-state index in [9.17, 15) is 14.4 Å². The van der Waals surface area contributed by atoms with Crippen LogP contribution in [-0.4, -0.2) is 71.1 Å². The Labute approximate surface area is 162 Å². The lowest BCUT2D eigenvalue weighted by Gasteiger charge is -2.44. The van der Waals surface area contributed by atoms with Crippen LogP contribution in [0.4, 0.5) is 0 Å². The lowest BCUT2D eigenvalue weighted by atomic mass is 9.84. The molecule has 2 atom stereocenters. The molecule has 2 saturated heterocycles. The second kappa shape index (κ2) is 9.53. The molecule has 2 heterocycles. The van der Waals surface area contributed by atoms with E-state index in [1.165, 1.54) is 6.42 Å². The van der Waals surface area contributed by atoms with Gasteiger partial charge < -0.3 is 20.0 Å². The zero-order chi connectivity index (χ0) is 20.0. The normalized spacial score (nSPS) is 22.1. The van der Waals surface area contributed by atoms with Gasteiger partial charge in [0.15, 0.2) is 0 Å². The van der Waals surface area contributed by atoms with Crippen molar-refractivity contribution in [2.75, 3.05) is 33.2 Å². The lowest BCUT2D eigenvalue weighted by Crippen LogP contribution is -2.53. The number of benzene rings is 1. The first-order valence-corrected chi connectivity index (χ1v) is 8.99. The maximum absolute atomic E-state index is 12.5. The van der Waals surface area contributed by atoms with Crippen LogP contribution < -0.4 is 0 Å². The number of likely N-dealkylation sites (tertiary alicyclic amines) is 2. The molecular weight excluding hydrogens is 372 g/mol. The van der Waals surface area contributed by atoms with Gasteiger partial charge >= 0.3 is 11.9 Å². The summed E-state index contributed by atoms with van der Waals surface area (Å²) >= 11 is 5.87. The molecule has 7 nitrogen and oxygen atoms in total. The minimum atomic E-state index is -1.26. The average molecular weight is 395 g/mol. The van der Waals surface area contributed by atoms with Crippen molar-refractivity contribution in [2.24, 2.45) is 11.8 Å². The highest BCUT2D eigenvalue weighted by Gasteiger charge is 2.34. The van der Waals surface area contributed by atoms with Gasteiger partial charge in [-0.2, -0.15) is 0 Å². The van der Waals surface area contributed by atoms with Gasteiger partial charge in [0.1, 0.15) is 0 Å². The van der Waals surface area contributed by atoms with Crippen molar-refractivity contribution in [3.63, 3.8) is 0 Å². The zero-order valence-corrected chi connectivity index (χ0v) is 15.8. The molecule has 2 fully saturated rings. The molecule has 3 rings (SSSR count). The van der Waals surface area contributed by atoms with Crippen LogP contribution in [0.5, 0.6) is 0 Å². The minimum Gasteiger partial charge on any atom is -0.478 e. The second-order valence-corrected chi connectivity index (χ2v) is 7.35. The standard InChI is InChI=1S/C15H19ClN2O.C4H4O4/c1-17-7-11-6-12(8-17)10-18(9-11)15(19)13-2-4-14(16)5-3-13;5-3(6)1-2-4(7)8/h2-5,11-12H,6-10H2,1H3;1-2H,(H,5,6)(H,7,8)/b;2-1+. The summed E-state index contributed by atoms with van der Waals surface area (Å²) in [5.74, 6) is -1.10. The van der Waals surface area contributed by atoms with Crippen LogP contribution in [0.25, 0.3) is 0 Å². The van der Waals surface area contributed by atoms with Gasteiger partial charge in [0.2, 0.25) is 0 Å². The number of fused-ring (bicyclic) bond motifs is 2. The lowest BCUT2D eigenvalue weighted by molar-refractivity contribution is -0.134. The number of hydrogen-bond acceptors (Lipinski definition) is 4. The fraction of sp³-hybridized carbons (Fsp3) is 0.421. The Morgan fingerprint density at radius 2 is 1.44 bits per heavy atom. The number of aliphatic carboxylic acids is 2. The topological polar surface area (TPSA) is 98.2 Å². The molecule has 8 heteroatoms. The van der Waals surface area contributed by atoms with Crippen LogP contribution in [0.3, 0.4) is 0 Å². The van der Waals surface area contributed by atoms with E-state index in [-0.39, 0.29) is 5.91 Å². The predicted octanol–water partition coefficient (Wildman–Crippen LogP) is 2.08. The highest BCUT2D eigenvalue weighted by atomic mass is 35.5. The number of hydrogen-bond donors (Lipinski definition) is 2. The summed E-state index contributed by atoms with van der Waals surface area (Å²) in [5.41, 5.74) is 0.748. The van der Waals surface area contributed by atoms with Crippen LogP contribution in [0.2, 0.25) is 5.02 Å². The molecule has 0 spiro atoms. The van der Waals surface area contributed by atoms with Crippen molar-refractivity contribution >= 4 is 29.4 Å². The molecule has 2 N–H and O–H groups in total. The Hall–Kier alpha value is -2.38. The average Bonchev–Trinajstić information content (AvgIpc) is 2.59. The molecule has 1 aromatic carbocycles. The molecule has 0 radical (unpaired) electrons. The molecule has 2 unspecified atom stereocenters. The molecule has 0 aliphatic carbocycles. The summed E-state index contributed by atoms with van der Waals surface area (Å²) in [5, 5.41) is 16.3. The number of nitrogens with zero attached hydrogens (tertiary/aromatic N) is 2. The van der Waals surface area contributed by atoms with Crippen LogP contribution in [0.1, 0.15) is 16.8 Å². The summed E-state index contributed by atoms with van der Waals surface area (Å²) in [6.07, 6.45) is 2.39. The molecule has 1 amide bonds. The number of piperidine rings is 2. The van der Waals surface area contributed by atoms with Crippen molar-refractivity contribution in [1.82, 2.24) is 9.80 Å². The maximum Gasteiger partial charge on any atom is 0.328 e. The molecule has 27 heavy (non-hydrogen) atoms. The number of carboxylic acids is 2. The SMILES string of the molecule is CN1CC2CC(C1)CN(C(=O)c1ccc(Cl)cc1)C2.O=C(O)/C=C/C(=O)O. The van der Waals surface area contributed by atoms with E-state index in [0.717, 1.165) is 31.7 Å². The van der Waals surface area contributed by atoms with Crippen molar-refractivity contribution in [3.8, 4) is 0 Å². The molecule has 2 aliphatic heterocycles. The fourth-order valence-electron chi connectivity index (χ4n) is 3.62. The first-order chi connectivity index (χ1) is 12.7. The van der Waals surface area contributed by atoms with E-state index in [2.05, 4.69) is 11.9 Å². The van der Waals surface area contributed by atoms with Gasteiger partial charge in [-0.25, -0.2) is 9.59 Å². The van der Waals surface area contributed by atoms with E-state index in [1.54, 1.807) is 12.1 Å². The highest BCUT2D eigenvalue weighted by Crippen LogP contribution is 2.28. The number of carbonyl (C=O) groups excluding carboxylic acids is 1. The van der Waals surface area contributed by atoms with Crippen molar-refractivity contribution < 1.29 is 24.6 Å². The monoisotopic (exact) mass is 394 g/mol. The molecule has 146 valence electrons. The largest absolute Gasteiger partial charge is 0.478 e. The summed E-state index contributed by atoms with van der Waals surface area (Å²) in [4.78, 5) is 36.0.